The van der Waals surface area contributed by atoms with Crippen molar-refractivity contribution >= 4 is 17.5 Å². The Bertz CT molecular complexity index is 489. The quantitative estimate of drug-likeness (QED) is 0.751. The summed E-state index contributed by atoms with van der Waals surface area (Å²) in [5.41, 5.74) is 0.912. The molecule has 1 amide bonds. The second-order valence-electron chi connectivity index (χ2n) is 5.42. The van der Waals surface area contributed by atoms with E-state index in [2.05, 4.69) is 12.2 Å². The minimum atomic E-state index is 0.0185. The van der Waals surface area contributed by atoms with Crippen LogP contribution >= 0.6 is 11.6 Å². The number of nitrogens with one attached hydrogen (secondary N) is 1. The number of benzene rings is 1. The van der Waals surface area contributed by atoms with Crippen LogP contribution in [0.3, 0.4) is 0 Å². The van der Waals surface area contributed by atoms with Gasteiger partial charge < -0.3 is 15.0 Å². The highest BCUT2D eigenvalue weighted by molar-refractivity contribution is 6.31. The predicted molar refractivity (Wildman–Crippen MR) is 84.7 cm³/mol. The van der Waals surface area contributed by atoms with E-state index in [1.165, 1.54) is 0 Å². The first-order chi connectivity index (χ1) is 10.1. The van der Waals surface area contributed by atoms with Crippen molar-refractivity contribution in [2.75, 3.05) is 20.2 Å². The molecule has 0 aromatic heterocycles. The van der Waals surface area contributed by atoms with Crippen molar-refractivity contribution in [2.45, 2.75) is 38.8 Å². The van der Waals surface area contributed by atoms with E-state index in [0.29, 0.717) is 23.4 Å². The van der Waals surface area contributed by atoms with Crippen LogP contribution in [0.4, 0.5) is 0 Å². The Labute approximate surface area is 131 Å². The molecule has 0 bridgehead atoms. The Morgan fingerprint density at radius 3 is 2.90 bits per heavy atom. The molecule has 116 valence electrons. The van der Waals surface area contributed by atoms with Crippen molar-refractivity contribution < 1.29 is 9.53 Å². The maximum absolute atomic E-state index is 12.0. The van der Waals surface area contributed by atoms with Crippen LogP contribution in [-0.2, 0) is 11.3 Å². The highest BCUT2D eigenvalue weighted by Gasteiger charge is 2.29. The molecule has 0 spiro atoms. The summed E-state index contributed by atoms with van der Waals surface area (Å²) in [4.78, 5) is 13.8. The lowest BCUT2D eigenvalue weighted by Gasteiger charge is -2.18. The molecule has 1 fully saturated rings. The molecule has 1 aromatic carbocycles. The van der Waals surface area contributed by atoms with Gasteiger partial charge in [-0.15, -0.1) is 0 Å². The number of hydrogen-bond acceptors (Lipinski definition) is 3. The van der Waals surface area contributed by atoms with Crippen LogP contribution in [0.1, 0.15) is 31.7 Å². The first-order valence-corrected chi connectivity index (χ1v) is 7.87. The molecule has 2 rings (SSSR count). The zero-order valence-electron chi connectivity index (χ0n) is 12.7. The molecule has 1 saturated carbocycles. The van der Waals surface area contributed by atoms with E-state index in [9.17, 15) is 4.79 Å². The molecule has 0 atom stereocenters. The normalized spacial score (nSPS) is 14.0. The summed E-state index contributed by atoms with van der Waals surface area (Å²) < 4.78 is 5.69. The number of likely N-dealkylation sites (N-methyl/N-ethyl adjacent to an activating group) is 1. The van der Waals surface area contributed by atoms with E-state index in [4.69, 9.17) is 16.3 Å². The van der Waals surface area contributed by atoms with Crippen molar-refractivity contribution in [1.29, 1.82) is 0 Å². The second kappa shape index (κ2) is 7.66. The van der Waals surface area contributed by atoms with Crippen molar-refractivity contribution in [1.82, 2.24) is 10.2 Å². The summed E-state index contributed by atoms with van der Waals surface area (Å²) in [5.74, 6) is 0.702. The molecule has 0 heterocycles. The van der Waals surface area contributed by atoms with Gasteiger partial charge in [-0.25, -0.2) is 0 Å². The fraction of sp³-hybridized carbons (Fsp3) is 0.562. The summed E-state index contributed by atoms with van der Waals surface area (Å²) in [6.45, 7) is 3.75. The third kappa shape index (κ3) is 4.61. The second-order valence-corrected chi connectivity index (χ2v) is 5.82. The number of halogens is 1. The Kier molecular flexibility index (Phi) is 5.88. The third-order valence-electron chi connectivity index (χ3n) is 3.64. The molecule has 1 N–H and O–H groups in total. The van der Waals surface area contributed by atoms with Gasteiger partial charge in [-0.1, -0.05) is 24.6 Å². The van der Waals surface area contributed by atoms with E-state index in [1.54, 1.807) is 4.90 Å². The number of carbonyl (C=O) groups is 1. The molecule has 4 nitrogen and oxygen atoms in total. The van der Waals surface area contributed by atoms with Gasteiger partial charge in [0.25, 0.3) is 5.91 Å². The predicted octanol–water partition coefficient (Wildman–Crippen LogP) is 2.84. The topological polar surface area (TPSA) is 41.6 Å². The Morgan fingerprint density at radius 2 is 2.24 bits per heavy atom. The monoisotopic (exact) mass is 310 g/mol. The standard InChI is InChI=1S/C16H23ClN2O2/c1-3-9-18-10-13-14(17)5-4-6-15(13)21-11-16(20)19(2)12-7-8-12/h4-6,12,18H,3,7-11H2,1-2H3. The van der Waals surface area contributed by atoms with Crippen LogP contribution in [0.2, 0.25) is 5.02 Å². The van der Waals surface area contributed by atoms with E-state index in [-0.39, 0.29) is 12.5 Å². The van der Waals surface area contributed by atoms with Gasteiger partial charge in [0.15, 0.2) is 6.61 Å². The summed E-state index contributed by atoms with van der Waals surface area (Å²) >= 11 is 6.23. The van der Waals surface area contributed by atoms with Gasteiger partial charge in [-0.3, -0.25) is 4.79 Å². The van der Waals surface area contributed by atoms with E-state index >= 15 is 0 Å². The van der Waals surface area contributed by atoms with Crippen molar-refractivity contribution in [3.05, 3.63) is 28.8 Å². The van der Waals surface area contributed by atoms with Crippen molar-refractivity contribution in [2.24, 2.45) is 0 Å². The van der Waals surface area contributed by atoms with Gasteiger partial charge in [-0.2, -0.15) is 0 Å². The van der Waals surface area contributed by atoms with Gasteiger partial charge >= 0.3 is 0 Å². The van der Waals surface area contributed by atoms with E-state index in [0.717, 1.165) is 31.4 Å². The van der Waals surface area contributed by atoms with Gasteiger partial charge in [0, 0.05) is 30.2 Å². The molecule has 1 aliphatic carbocycles. The number of rotatable bonds is 8. The molecule has 5 heteroatoms. The smallest absolute Gasteiger partial charge is 0.260 e. The summed E-state index contributed by atoms with van der Waals surface area (Å²) in [7, 11) is 1.84. The maximum Gasteiger partial charge on any atom is 0.260 e. The highest BCUT2D eigenvalue weighted by Crippen LogP contribution is 2.27. The van der Waals surface area contributed by atoms with E-state index in [1.807, 2.05) is 25.2 Å². The molecular formula is C16H23ClN2O2. The SMILES string of the molecule is CCCNCc1c(Cl)cccc1OCC(=O)N(C)C1CC1. The van der Waals surface area contributed by atoms with Gasteiger partial charge in [-0.05, 0) is 37.9 Å². The molecule has 0 unspecified atom stereocenters. The third-order valence-corrected chi connectivity index (χ3v) is 4.00. The maximum atomic E-state index is 12.0. The van der Waals surface area contributed by atoms with Gasteiger partial charge in [0.2, 0.25) is 0 Å². The van der Waals surface area contributed by atoms with Crippen molar-refractivity contribution in [3.63, 3.8) is 0 Å². The zero-order valence-corrected chi connectivity index (χ0v) is 13.4. The fourth-order valence-corrected chi connectivity index (χ4v) is 2.38. The lowest BCUT2D eigenvalue weighted by molar-refractivity contribution is -0.132. The average molecular weight is 311 g/mol. The minimum Gasteiger partial charge on any atom is -0.483 e. The number of carbonyl (C=O) groups excluding carboxylic acids is 1. The summed E-state index contributed by atoms with van der Waals surface area (Å²) in [6, 6.07) is 5.95. The number of amides is 1. The lowest BCUT2D eigenvalue weighted by atomic mass is 10.2. The molecule has 0 saturated heterocycles. The molecule has 0 aliphatic heterocycles. The zero-order chi connectivity index (χ0) is 15.2. The molecule has 21 heavy (non-hydrogen) atoms. The highest BCUT2D eigenvalue weighted by atomic mass is 35.5. The fourth-order valence-electron chi connectivity index (χ4n) is 2.14. The first kappa shape index (κ1) is 16.1. The Balaban J connectivity index is 1.94. The number of ether oxygens (including phenoxy) is 1. The van der Waals surface area contributed by atoms with Crippen LogP contribution in [0.25, 0.3) is 0 Å². The summed E-state index contributed by atoms with van der Waals surface area (Å²) in [6.07, 6.45) is 3.27. The largest absolute Gasteiger partial charge is 0.483 e. The van der Waals surface area contributed by atoms with Crippen LogP contribution in [0.5, 0.6) is 5.75 Å². The van der Waals surface area contributed by atoms with Gasteiger partial charge in [0.05, 0.1) is 0 Å². The Morgan fingerprint density at radius 1 is 1.48 bits per heavy atom. The first-order valence-electron chi connectivity index (χ1n) is 7.50. The minimum absolute atomic E-state index is 0.0185. The molecule has 0 radical (unpaired) electrons. The van der Waals surface area contributed by atoms with Crippen LogP contribution in [0.15, 0.2) is 18.2 Å². The van der Waals surface area contributed by atoms with Crippen molar-refractivity contribution in [3.8, 4) is 5.75 Å². The van der Waals surface area contributed by atoms with Gasteiger partial charge in [0.1, 0.15) is 5.75 Å². The van der Waals surface area contributed by atoms with E-state index < -0.39 is 0 Å². The molecule has 1 aliphatic rings. The van der Waals surface area contributed by atoms with Crippen LogP contribution < -0.4 is 10.1 Å². The molecular weight excluding hydrogens is 288 g/mol. The molecule has 1 aromatic rings. The van der Waals surface area contributed by atoms with Crippen LogP contribution in [-0.4, -0.2) is 37.0 Å². The number of nitrogens with zero attached hydrogens (tertiary/aromatic N) is 1. The van der Waals surface area contributed by atoms with Crippen LogP contribution in [0, 0.1) is 0 Å². The average Bonchev–Trinajstić information content (AvgIpc) is 3.31. The lowest BCUT2D eigenvalue weighted by Crippen LogP contribution is -2.33. The Hall–Kier alpha value is -1.26. The summed E-state index contributed by atoms with van der Waals surface area (Å²) in [5, 5.41) is 3.98. The number of hydrogen-bond donors (Lipinski definition) is 1.